The topological polar surface area (TPSA) is 61.8 Å². The lowest BCUT2D eigenvalue weighted by molar-refractivity contribution is 0.508. The number of nitrogens with one attached hydrogen (secondary N) is 1. The summed E-state index contributed by atoms with van der Waals surface area (Å²) in [7, 11) is -0.531. The van der Waals surface area contributed by atoms with Crippen LogP contribution in [0.4, 0.5) is 0 Å². The first-order chi connectivity index (χ1) is 4.86. The third-order valence-corrected chi connectivity index (χ3v) is 2.15. The highest BCUT2D eigenvalue weighted by Crippen LogP contribution is 1.87. The van der Waals surface area contributed by atoms with Gasteiger partial charge in [0.25, 0.3) is 0 Å². The first-order valence-electron chi connectivity index (χ1n) is 3.06. The van der Waals surface area contributed by atoms with E-state index in [-0.39, 0.29) is 0 Å². The number of hydrogen-bond donors (Lipinski definition) is 1. The fourth-order valence-corrected chi connectivity index (χ4v) is 0.692. The van der Waals surface area contributed by atoms with Gasteiger partial charge in [-0.3, -0.25) is 0 Å². The SMILES string of the molecule is CC(C)=NNS(=O)(=O)N(C)C. The maximum atomic E-state index is 10.9. The van der Waals surface area contributed by atoms with Crippen molar-refractivity contribution in [2.45, 2.75) is 13.8 Å². The van der Waals surface area contributed by atoms with Gasteiger partial charge in [-0.05, 0) is 13.8 Å². The van der Waals surface area contributed by atoms with E-state index in [0.717, 1.165) is 4.31 Å². The minimum Gasteiger partial charge on any atom is -0.191 e. The summed E-state index contributed by atoms with van der Waals surface area (Å²) >= 11 is 0. The third kappa shape index (κ3) is 3.94. The molecule has 0 aliphatic carbocycles. The first-order valence-corrected chi connectivity index (χ1v) is 4.50. The zero-order chi connectivity index (χ0) is 9.07. The summed E-state index contributed by atoms with van der Waals surface area (Å²) in [5, 5.41) is 3.55. The summed E-state index contributed by atoms with van der Waals surface area (Å²) in [6.07, 6.45) is 0. The molecule has 0 spiro atoms. The molecule has 0 aliphatic heterocycles. The molecule has 0 radical (unpaired) electrons. The maximum Gasteiger partial charge on any atom is 0.315 e. The minimum atomic E-state index is -3.40. The Morgan fingerprint density at radius 1 is 1.36 bits per heavy atom. The molecule has 0 aromatic carbocycles. The van der Waals surface area contributed by atoms with E-state index >= 15 is 0 Å². The predicted octanol–water partition coefficient (Wildman–Crippen LogP) is -0.222. The Balaban J connectivity index is 4.28. The summed E-state index contributed by atoms with van der Waals surface area (Å²) in [6, 6.07) is 0. The molecule has 0 saturated heterocycles. The molecule has 0 aliphatic rings. The van der Waals surface area contributed by atoms with Crippen LogP contribution in [0.3, 0.4) is 0 Å². The van der Waals surface area contributed by atoms with Crippen molar-refractivity contribution >= 4 is 15.9 Å². The highest BCUT2D eigenvalue weighted by Gasteiger charge is 2.09. The third-order valence-electron chi connectivity index (χ3n) is 0.865. The Hall–Kier alpha value is -0.620. The molecule has 5 nitrogen and oxygen atoms in total. The standard InChI is InChI=1S/C5H13N3O2S/c1-5(2)6-7-11(9,10)8(3)4/h7H,1-4H3. The van der Waals surface area contributed by atoms with Crippen LogP contribution in [0, 0.1) is 0 Å². The zero-order valence-electron chi connectivity index (χ0n) is 7.12. The molecule has 66 valence electrons. The van der Waals surface area contributed by atoms with Crippen LogP contribution in [0.5, 0.6) is 0 Å². The highest BCUT2D eigenvalue weighted by molar-refractivity contribution is 7.87. The second kappa shape index (κ2) is 3.68. The summed E-state index contributed by atoms with van der Waals surface area (Å²) in [6.45, 7) is 3.41. The van der Waals surface area contributed by atoms with Crippen molar-refractivity contribution in [3.8, 4) is 0 Å². The van der Waals surface area contributed by atoms with Gasteiger partial charge in [0.2, 0.25) is 0 Å². The van der Waals surface area contributed by atoms with E-state index in [4.69, 9.17) is 0 Å². The summed E-state index contributed by atoms with van der Waals surface area (Å²) in [4.78, 5) is 2.04. The van der Waals surface area contributed by atoms with Gasteiger partial charge < -0.3 is 0 Å². The van der Waals surface area contributed by atoms with Gasteiger partial charge in [0.15, 0.2) is 0 Å². The average molecular weight is 179 g/mol. The van der Waals surface area contributed by atoms with Crippen LogP contribution in [0.1, 0.15) is 13.8 Å². The minimum absolute atomic E-state index is 0.662. The number of nitrogens with zero attached hydrogens (tertiary/aromatic N) is 2. The summed E-state index contributed by atoms with van der Waals surface area (Å²) in [5.74, 6) is 0. The lowest BCUT2D eigenvalue weighted by Gasteiger charge is -2.09. The van der Waals surface area contributed by atoms with Crippen LogP contribution in [0.15, 0.2) is 5.10 Å². The van der Waals surface area contributed by atoms with E-state index in [1.807, 2.05) is 4.83 Å². The van der Waals surface area contributed by atoms with Gasteiger partial charge in [0.05, 0.1) is 0 Å². The van der Waals surface area contributed by atoms with Gasteiger partial charge in [-0.25, -0.2) is 0 Å². The Labute approximate surface area is 67.3 Å². The normalized spacial score (nSPS) is 11.4. The lowest BCUT2D eigenvalue weighted by Crippen LogP contribution is -2.32. The van der Waals surface area contributed by atoms with Crippen LogP contribution in [-0.4, -0.2) is 32.5 Å². The highest BCUT2D eigenvalue weighted by atomic mass is 32.2. The fraction of sp³-hybridized carbons (Fsp3) is 0.800. The summed E-state index contributed by atoms with van der Waals surface area (Å²) in [5.41, 5.74) is 0.662. The number of rotatable bonds is 3. The second-order valence-electron chi connectivity index (χ2n) is 2.44. The molecular formula is C5H13N3O2S. The zero-order valence-corrected chi connectivity index (χ0v) is 7.94. The van der Waals surface area contributed by atoms with Gasteiger partial charge >= 0.3 is 10.2 Å². The Morgan fingerprint density at radius 2 is 1.82 bits per heavy atom. The van der Waals surface area contributed by atoms with Crippen LogP contribution >= 0.6 is 0 Å². The van der Waals surface area contributed by atoms with Gasteiger partial charge in [0, 0.05) is 19.8 Å². The molecule has 0 aromatic rings. The van der Waals surface area contributed by atoms with E-state index in [1.54, 1.807) is 13.8 Å². The van der Waals surface area contributed by atoms with Crippen LogP contribution in [-0.2, 0) is 10.2 Å². The van der Waals surface area contributed by atoms with E-state index in [1.165, 1.54) is 14.1 Å². The molecule has 6 heteroatoms. The number of hydrogen-bond acceptors (Lipinski definition) is 3. The van der Waals surface area contributed by atoms with Gasteiger partial charge in [-0.2, -0.15) is 22.7 Å². The molecule has 0 rings (SSSR count). The molecule has 0 fully saturated rings. The number of hydrazone groups is 1. The molecule has 0 bridgehead atoms. The summed E-state index contributed by atoms with van der Waals surface area (Å²) < 4.78 is 22.9. The van der Waals surface area contributed by atoms with Gasteiger partial charge in [-0.1, -0.05) is 0 Å². The Bertz CT molecular complexity index is 238. The van der Waals surface area contributed by atoms with E-state index in [0.29, 0.717) is 5.71 Å². The molecular weight excluding hydrogens is 166 g/mol. The van der Waals surface area contributed by atoms with E-state index in [2.05, 4.69) is 5.10 Å². The van der Waals surface area contributed by atoms with E-state index < -0.39 is 10.2 Å². The van der Waals surface area contributed by atoms with Gasteiger partial charge in [0.1, 0.15) is 0 Å². The molecule has 1 N–H and O–H groups in total. The monoisotopic (exact) mass is 179 g/mol. The Morgan fingerprint density at radius 3 is 2.09 bits per heavy atom. The smallest absolute Gasteiger partial charge is 0.191 e. The molecule has 0 atom stereocenters. The molecule has 0 saturated carbocycles. The molecule has 11 heavy (non-hydrogen) atoms. The molecule has 0 unspecified atom stereocenters. The molecule has 0 aromatic heterocycles. The van der Waals surface area contributed by atoms with E-state index in [9.17, 15) is 8.42 Å². The van der Waals surface area contributed by atoms with Crippen molar-refractivity contribution in [3.63, 3.8) is 0 Å². The first kappa shape index (κ1) is 10.4. The largest absolute Gasteiger partial charge is 0.315 e. The molecule has 0 heterocycles. The quantitative estimate of drug-likeness (QED) is 0.481. The van der Waals surface area contributed by atoms with Crippen molar-refractivity contribution in [1.29, 1.82) is 0 Å². The van der Waals surface area contributed by atoms with Gasteiger partial charge in [-0.15, -0.1) is 0 Å². The maximum absolute atomic E-state index is 10.9. The second-order valence-corrected chi connectivity index (χ2v) is 4.30. The van der Waals surface area contributed by atoms with Crippen LogP contribution < -0.4 is 4.83 Å². The predicted molar refractivity (Wildman–Crippen MR) is 44.5 cm³/mol. The Kier molecular flexibility index (Phi) is 3.47. The van der Waals surface area contributed by atoms with Crippen LogP contribution in [0.25, 0.3) is 0 Å². The van der Waals surface area contributed by atoms with Crippen molar-refractivity contribution in [2.75, 3.05) is 14.1 Å². The molecule has 0 amide bonds. The van der Waals surface area contributed by atoms with Crippen molar-refractivity contribution in [1.82, 2.24) is 9.14 Å². The van der Waals surface area contributed by atoms with Crippen molar-refractivity contribution in [3.05, 3.63) is 0 Å². The fourth-order valence-electron chi connectivity index (χ4n) is 0.231. The van der Waals surface area contributed by atoms with Crippen molar-refractivity contribution < 1.29 is 8.42 Å². The van der Waals surface area contributed by atoms with Crippen LogP contribution in [0.2, 0.25) is 0 Å². The average Bonchev–Trinajstić information content (AvgIpc) is 1.84. The lowest BCUT2D eigenvalue weighted by atomic mass is 10.5. The van der Waals surface area contributed by atoms with Crippen molar-refractivity contribution in [2.24, 2.45) is 5.10 Å².